The van der Waals surface area contributed by atoms with Crippen molar-refractivity contribution in [2.75, 3.05) is 49.2 Å². The van der Waals surface area contributed by atoms with Gasteiger partial charge in [-0.2, -0.15) is 0 Å². The maximum Gasteiger partial charge on any atom is 0.414 e. The molecule has 186 valence electrons. The number of cyclic esters (lactones) is 1. The second kappa shape index (κ2) is 10.8. The van der Waals surface area contributed by atoms with Crippen LogP contribution in [-0.4, -0.2) is 63.3 Å². The zero-order valence-electron chi connectivity index (χ0n) is 18.8. The van der Waals surface area contributed by atoms with Crippen LogP contribution in [0.2, 0.25) is 0 Å². The van der Waals surface area contributed by atoms with E-state index in [1.54, 1.807) is 12.1 Å². The van der Waals surface area contributed by atoms with Gasteiger partial charge in [-0.05, 0) is 30.3 Å². The Morgan fingerprint density at radius 1 is 1.00 bits per heavy atom. The van der Waals surface area contributed by atoms with Crippen molar-refractivity contribution in [3.05, 3.63) is 59.4 Å². The summed E-state index contributed by atoms with van der Waals surface area (Å²) in [5.74, 6) is -3.36. The van der Waals surface area contributed by atoms with E-state index >= 15 is 0 Å². The first-order chi connectivity index (χ1) is 16.8. The summed E-state index contributed by atoms with van der Waals surface area (Å²) < 4.78 is 51.9. The smallest absolute Gasteiger partial charge is 0.414 e. The van der Waals surface area contributed by atoms with Gasteiger partial charge in [0.2, 0.25) is 5.91 Å². The summed E-state index contributed by atoms with van der Waals surface area (Å²) in [5.41, 5.74) is 0.486. The van der Waals surface area contributed by atoms with E-state index in [-0.39, 0.29) is 31.5 Å². The van der Waals surface area contributed by atoms with Crippen LogP contribution in [0.15, 0.2) is 36.4 Å². The van der Waals surface area contributed by atoms with Crippen LogP contribution in [0.5, 0.6) is 0 Å². The molecule has 11 heteroatoms. The number of Topliss-reactive ketones (excluding diaryl/α,β-unsaturated/α-hetero) is 1. The van der Waals surface area contributed by atoms with E-state index in [1.807, 2.05) is 4.90 Å². The molecule has 0 aliphatic carbocycles. The minimum atomic E-state index is -0.984. The predicted molar refractivity (Wildman–Crippen MR) is 120 cm³/mol. The fourth-order valence-electron chi connectivity index (χ4n) is 3.96. The van der Waals surface area contributed by atoms with Gasteiger partial charge in [0.25, 0.3) is 0 Å². The Labute approximate surface area is 199 Å². The first-order valence-corrected chi connectivity index (χ1v) is 11.2. The van der Waals surface area contributed by atoms with Crippen LogP contribution in [0.4, 0.5) is 29.3 Å². The molecule has 0 bridgehead atoms. The predicted octanol–water partition coefficient (Wildman–Crippen LogP) is 3.05. The van der Waals surface area contributed by atoms with Gasteiger partial charge in [0.1, 0.15) is 23.6 Å². The number of carbonyl (C=O) groups excluding carboxylic acids is 3. The van der Waals surface area contributed by atoms with Crippen molar-refractivity contribution in [2.45, 2.75) is 18.9 Å². The fourth-order valence-corrected chi connectivity index (χ4v) is 3.96. The summed E-state index contributed by atoms with van der Waals surface area (Å²) in [6, 6.07) is 7.13. The molecule has 2 fully saturated rings. The summed E-state index contributed by atoms with van der Waals surface area (Å²) in [5, 5.41) is 2.57. The van der Waals surface area contributed by atoms with E-state index in [0.29, 0.717) is 43.7 Å². The lowest BCUT2D eigenvalue weighted by Crippen LogP contribution is -2.37. The highest BCUT2D eigenvalue weighted by Gasteiger charge is 2.33. The molecule has 0 saturated carbocycles. The zero-order valence-corrected chi connectivity index (χ0v) is 18.8. The summed E-state index contributed by atoms with van der Waals surface area (Å²) in [6.07, 6.45) is -1.81. The maximum atomic E-state index is 14.7. The number of hydrogen-bond acceptors (Lipinski definition) is 6. The van der Waals surface area contributed by atoms with Gasteiger partial charge >= 0.3 is 6.09 Å². The highest BCUT2D eigenvalue weighted by molar-refractivity contribution is 5.98. The number of hydrogen-bond donors (Lipinski definition) is 1. The molecule has 2 aliphatic heterocycles. The number of halogens is 3. The van der Waals surface area contributed by atoms with Crippen LogP contribution >= 0.6 is 0 Å². The molecule has 2 heterocycles. The molecule has 1 N–H and O–H groups in total. The molecule has 0 radical (unpaired) electrons. The first kappa shape index (κ1) is 24.5. The first-order valence-electron chi connectivity index (χ1n) is 11.2. The Kier molecular flexibility index (Phi) is 7.54. The van der Waals surface area contributed by atoms with Crippen molar-refractivity contribution in [3.63, 3.8) is 0 Å². The average Bonchev–Trinajstić information content (AvgIpc) is 3.22. The van der Waals surface area contributed by atoms with E-state index in [4.69, 9.17) is 9.47 Å². The number of rotatable bonds is 8. The van der Waals surface area contributed by atoms with Crippen LogP contribution in [0.3, 0.4) is 0 Å². The number of anilines is 2. The molecular formula is C24H24F3N3O5. The molecule has 0 aromatic heterocycles. The Hall–Kier alpha value is -3.60. The lowest BCUT2D eigenvalue weighted by atomic mass is 10.1. The highest BCUT2D eigenvalue weighted by atomic mass is 19.1. The molecule has 0 spiro atoms. The topological polar surface area (TPSA) is 88.2 Å². The number of ether oxygens (including phenoxy) is 2. The number of nitrogens with zero attached hydrogens (tertiary/aromatic N) is 2. The number of amides is 2. The summed E-state index contributed by atoms with van der Waals surface area (Å²) >= 11 is 0. The molecular weight excluding hydrogens is 467 g/mol. The van der Waals surface area contributed by atoms with Crippen LogP contribution in [0.1, 0.15) is 23.2 Å². The monoisotopic (exact) mass is 491 g/mol. The molecule has 2 aromatic rings. The Morgan fingerprint density at radius 2 is 1.77 bits per heavy atom. The third kappa shape index (κ3) is 5.91. The molecule has 35 heavy (non-hydrogen) atoms. The molecule has 2 aliphatic rings. The number of ketones is 1. The standard InChI is InChI=1S/C24H24F3N3O5/c25-15-1-3-18(19(26)11-15)22(31)5-6-23(32)28-13-17-14-30(24(33)35-17)16-2-4-21(20(27)12-16)29-7-9-34-10-8-29/h1-4,11-12,17H,5-10,13-14H2,(H,28,32)/t17-/m0/s1. The summed E-state index contributed by atoms with van der Waals surface area (Å²) in [6.45, 7) is 2.29. The highest BCUT2D eigenvalue weighted by Crippen LogP contribution is 2.28. The van der Waals surface area contributed by atoms with E-state index in [0.717, 1.165) is 12.1 Å². The van der Waals surface area contributed by atoms with Gasteiger partial charge in [0.05, 0.1) is 43.2 Å². The van der Waals surface area contributed by atoms with Crippen molar-refractivity contribution in [2.24, 2.45) is 0 Å². The van der Waals surface area contributed by atoms with Crippen LogP contribution in [0, 0.1) is 17.5 Å². The number of benzene rings is 2. The van der Waals surface area contributed by atoms with Gasteiger partial charge in [0.15, 0.2) is 5.78 Å². The molecule has 2 aromatic carbocycles. The van der Waals surface area contributed by atoms with Crippen molar-refractivity contribution >= 4 is 29.2 Å². The van der Waals surface area contributed by atoms with Crippen LogP contribution in [0.25, 0.3) is 0 Å². The van der Waals surface area contributed by atoms with Gasteiger partial charge in [0, 0.05) is 32.0 Å². The Balaban J connectivity index is 1.26. The molecule has 2 amide bonds. The zero-order chi connectivity index (χ0) is 24.9. The SMILES string of the molecule is O=C(CCC(=O)c1ccc(F)cc1F)NC[C@H]1CN(c2ccc(N3CCOCC3)c(F)c2)C(=O)O1. The fraction of sp³-hybridized carbons (Fsp3) is 0.375. The largest absolute Gasteiger partial charge is 0.442 e. The number of nitrogens with one attached hydrogen (secondary N) is 1. The minimum absolute atomic E-state index is 0.00544. The Morgan fingerprint density at radius 3 is 2.49 bits per heavy atom. The van der Waals surface area contributed by atoms with Crippen molar-refractivity contribution in [3.8, 4) is 0 Å². The van der Waals surface area contributed by atoms with Crippen molar-refractivity contribution in [1.82, 2.24) is 5.32 Å². The second-order valence-corrected chi connectivity index (χ2v) is 8.20. The van der Waals surface area contributed by atoms with Gasteiger partial charge in [-0.15, -0.1) is 0 Å². The average molecular weight is 491 g/mol. The van der Waals surface area contributed by atoms with Crippen LogP contribution in [-0.2, 0) is 14.3 Å². The molecule has 8 nitrogen and oxygen atoms in total. The molecule has 2 saturated heterocycles. The lowest BCUT2D eigenvalue weighted by molar-refractivity contribution is -0.121. The molecule has 0 unspecified atom stereocenters. The maximum absolute atomic E-state index is 14.7. The van der Waals surface area contributed by atoms with E-state index in [2.05, 4.69) is 5.32 Å². The van der Waals surface area contributed by atoms with Crippen molar-refractivity contribution < 1.29 is 37.0 Å². The minimum Gasteiger partial charge on any atom is -0.442 e. The number of morpholine rings is 1. The van der Waals surface area contributed by atoms with E-state index in [1.165, 1.54) is 11.0 Å². The van der Waals surface area contributed by atoms with Gasteiger partial charge in [-0.3, -0.25) is 14.5 Å². The normalized spacial score (nSPS) is 17.9. The second-order valence-electron chi connectivity index (χ2n) is 8.20. The third-order valence-corrected chi connectivity index (χ3v) is 5.81. The van der Waals surface area contributed by atoms with Gasteiger partial charge in [-0.25, -0.2) is 18.0 Å². The van der Waals surface area contributed by atoms with Crippen LogP contribution < -0.4 is 15.1 Å². The van der Waals surface area contributed by atoms with Gasteiger partial charge in [-0.1, -0.05) is 0 Å². The molecule has 1 atom stereocenters. The lowest BCUT2D eigenvalue weighted by Gasteiger charge is -2.29. The summed E-state index contributed by atoms with van der Waals surface area (Å²) in [4.78, 5) is 39.6. The number of carbonyl (C=O) groups is 3. The molecule has 4 rings (SSSR count). The summed E-state index contributed by atoms with van der Waals surface area (Å²) in [7, 11) is 0. The van der Waals surface area contributed by atoms with E-state index < -0.39 is 41.3 Å². The quantitative estimate of drug-likeness (QED) is 0.572. The van der Waals surface area contributed by atoms with Crippen molar-refractivity contribution in [1.29, 1.82) is 0 Å². The third-order valence-electron chi connectivity index (χ3n) is 5.81. The van der Waals surface area contributed by atoms with E-state index in [9.17, 15) is 27.6 Å². The van der Waals surface area contributed by atoms with Gasteiger partial charge < -0.3 is 19.7 Å². The Bertz CT molecular complexity index is 1120.